The number of nitrogen functional groups attached to an aromatic ring is 1. The fourth-order valence-electron chi connectivity index (χ4n) is 2.62. The molecule has 3 aromatic rings. The van der Waals surface area contributed by atoms with E-state index in [0.717, 1.165) is 11.4 Å². The van der Waals surface area contributed by atoms with Crippen molar-refractivity contribution in [3.63, 3.8) is 0 Å². The number of hydrogen-bond donors (Lipinski definition) is 3. The summed E-state index contributed by atoms with van der Waals surface area (Å²) in [4.78, 5) is 12.3. The summed E-state index contributed by atoms with van der Waals surface area (Å²) in [5.74, 6) is 8.44. The molecule has 0 saturated heterocycles. The summed E-state index contributed by atoms with van der Waals surface area (Å²) in [5.41, 5.74) is 1.46. The molecule has 0 aliphatic carbocycles. The molecule has 3 rings (SSSR count). The number of ether oxygens (including phenoxy) is 3. The predicted molar refractivity (Wildman–Crippen MR) is 119 cm³/mol. The highest BCUT2D eigenvalue weighted by Gasteiger charge is 2.13. The Balaban J connectivity index is 1.53. The molecule has 0 bridgehead atoms. The van der Waals surface area contributed by atoms with Crippen LogP contribution in [0, 0.1) is 0 Å². The van der Waals surface area contributed by atoms with Crippen molar-refractivity contribution in [2.45, 2.75) is 11.7 Å². The van der Waals surface area contributed by atoms with Gasteiger partial charge in [0.15, 0.2) is 5.82 Å². The maximum Gasteiger partial charge on any atom is 0.234 e. The van der Waals surface area contributed by atoms with Crippen LogP contribution in [-0.4, -0.2) is 47.9 Å². The fourth-order valence-corrected chi connectivity index (χ4v) is 3.30. The molecule has 1 amide bonds. The van der Waals surface area contributed by atoms with Crippen LogP contribution in [-0.2, 0) is 11.3 Å². The van der Waals surface area contributed by atoms with Gasteiger partial charge in [-0.2, -0.15) is 0 Å². The normalized spacial score (nSPS) is 10.4. The van der Waals surface area contributed by atoms with E-state index in [0.29, 0.717) is 34.7 Å². The van der Waals surface area contributed by atoms with Gasteiger partial charge >= 0.3 is 0 Å². The van der Waals surface area contributed by atoms with E-state index in [1.807, 2.05) is 24.3 Å². The molecule has 164 valence electrons. The molecule has 0 radical (unpaired) electrons. The van der Waals surface area contributed by atoms with Gasteiger partial charge in [-0.1, -0.05) is 11.8 Å². The molecule has 11 heteroatoms. The summed E-state index contributed by atoms with van der Waals surface area (Å²) in [6.07, 6.45) is 0. The minimum atomic E-state index is -0.221. The Bertz CT molecular complexity index is 1000. The van der Waals surface area contributed by atoms with Crippen LogP contribution in [0.2, 0.25) is 0 Å². The zero-order valence-corrected chi connectivity index (χ0v) is 18.2. The molecular formula is C20H24N6O4S. The fraction of sp³-hybridized carbons (Fsp3) is 0.250. The van der Waals surface area contributed by atoms with Gasteiger partial charge < -0.3 is 30.7 Å². The number of thioether (sulfide) groups is 1. The number of methoxy groups -OCH3 is 3. The lowest BCUT2D eigenvalue weighted by molar-refractivity contribution is -0.113. The second kappa shape index (κ2) is 10.4. The van der Waals surface area contributed by atoms with Crippen LogP contribution in [0.15, 0.2) is 47.6 Å². The summed E-state index contributed by atoms with van der Waals surface area (Å²) in [6.45, 7) is 0.381. The highest BCUT2D eigenvalue weighted by atomic mass is 32.2. The molecule has 0 spiro atoms. The van der Waals surface area contributed by atoms with Gasteiger partial charge in [0.1, 0.15) is 17.2 Å². The van der Waals surface area contributed by atoms with Crippen molar-refractivity contribution in [3.8, 4) is 17.2 Å². The first-order valence-corrected chi connectivity index (χ1v) is 10.2. The summed E-state index contributed by atoms with van der Waals surface area (Å²) >= 11 is 1.19. The number of rotatable bonds is 10. The number of anilines is 2. The molecule has 2 aromatic carbocycles. The molecule has 0 aliphatic rings. The summed E-state index contributed by atoms with van der Waals surface area (Å²) in [7, 11) is 4.71. The van der Waals surface area contributed by atoms with E-state index in [1.54, 1.807) is 39.5 Å². The number of carbonyl (C=O) groups excluding carboxylic acids is 1. The Morgan fingerprint density at radius 2 is 1.61 bits per heavy atom. The molecule has 4 N–H and O–H groups in total. The molecule has 0 atom stereocenters. The van der Waals surface area contributed by atoms with Gasteiger partial charge in [-0.3, -0.25) is 4.79 Å². The van der Waals surface area contributed by atoms with E-state index in [-0.39, 0.29) is 11.7 Å². The Morgan fingerprint density at radius 3 is 2.23 bits per heavy atom. The predicted octanol–water partition coefficient (Wildman–Crippen LogP) is 2.36. The van der Waals surface area contributed by atoms with Gasteiger partial charge in [0.2, 0.25) is 11.1 Å². The van der Waals surface area contributed by atoms with Crippen molar-refractivity contribution in [1.82, 2.24) is 14.9 Å². The first-order chi connectivity index (χ1) is 15.0. The van der Waals surface area contributed by atoms with Gasteiger partial charge in [-0.05, 0) is 24.3 Å². The van der Waals surface area contributed by atoms with Gasteiger partial charge in [0.25, 0.3) is 0 Å². The molecule has 0 saturated carbocycles. The average Bonchev–Trinajstić information content (AvgIpc) is 3.15. The standard InChI is InChI=1S/C20H24N6O4S/c1-28-15-6-4-13(5-7-15)22-11-18-24-25-20(26(18)21)31-12-19(27)23-14-8-16(29-2)10-17(9-14)30-3/h4-10,22H,11-12,21H2,1-3H3,(H,23,27). The maximum atomic E-state index is 12.3. The zero-order valence-electron chi connectivity index (χ0n) is 17.4. The quantitative estimate of drug-likeness (QED) is 0.319. The van der Waals surface area contributed by atoms with Crippen LogP contribution in [0.25, 0.3) is 0 Å². The minimum absolute atomic E-state index is 0.112. The number of nitrogens with two attached hydrogens (primary N) is 1. The van der Waals surface area contributed by atoms with Crippen LogP contribution in [0.3, 0.4) is 0 Å². The van der Waals surface area contributed by atoms with Crippen molar-refractivity contribution >= 4 is 29.0 Å². The Hall–Kier alpha value is -3.60. The van der Waals surface area contributed by atoms with Crippen molar-refractivity contribution < 1.29 is 19.0 Å². The highest BCUT2D eigenvalue weighted by molar-refractivity contribution is 7.99. The van der Waals surface area contributed by atoms with Gasteiger partial charge in [-0.15, -0.1) is 10.2 Å². The van der Waals surface area contributed by atoms with E-state index in [9.17, 15) is 4.79 Å². The third-order valence-corrected chi connectivity index (χ3v) is 5.19. The second-order valence-corrected chi connectivity index (χ2v) is 7.23. The smallest absolute Gasteiger partial charge is 0.234 e. The number of nitrogens with zero attached hydrogens (tertiary/aromatic N) is 3. The maximum absolute atomic E-state index is 12.3. The SMILES string of the molecule is COc1ccc(NCc2nnc(SCC(=O)Nc3cc(OC)cc(OC)c3)n2N)cc1. The van der Waals surface area contributed by atoms with E-state index in [4.69, 9.17) is 20.1 Å². The second-order valence-electron chi connectivity index (χ2n) is 6.29. The van der Waals surface area contributed by atoms with E-state index in [1.165, 1.54) is 16.4 Å². The van der Waals surface area contributed by atoms with Crippen molar-refractivity contribution in [2.75, 3.05) is 43.6 Å². The zero-order chi connectivity index (χ0) is 22.2. The molecule has 0 fully saturated rings. The van der Waals surface area contributed by atoms with Crippen molar-refractivity contribution in [2.24, 2.45) is 0 Å². The highest BCUT2D eigenvalue weighted by Crippen LogP contribution is 2.26. The van der Waals surface area contributed by atoms with Gasteiger partial charge in [0, 0.05) is 29.6 Å². The Morgan fingerprint density at radius 1 is 0.968 bits per heavy atom. The van der Waals surface area contributed by atoms with E-state index in [2.05, 4.69) is 20.8 Å². The lowest BCUT2D eigenvalue weighted by Gasteiger charge is -2.10. The summed E-state index contributed by atoms with van der Waals surface area (Å²) < 4.78 is 16.9. The Labute approximate surface area is 184 Å². The number of benzene rings is 2. The number of carbonyl (C=O) groups is 1. The molecule has 1 aromatic heterocycles. The molecule has 0 unspecified atom stereocenters. The molecule has 0 aliphatic heterocycles. The van der Waals surface area contributed by atoms with Crippen molar-refractivity contribution in [1.29, 1.82) is 0 Å². The largest absolute Gasteiger partial charge is 0.497 e. The first-order valence-electron chi connectivity index (χ1n) is 9.25. The molecular weight excluding hydrogens is 420 g/mol. The summed E-state index contributed by atoms with van der Waals surface area (Å²) in [6, 6.07) is 12.6. The first kappa shape index (κ1) is 22.1. The number of hydrogen-bond acceptors (Lipinski definition) is 9. The van der Waals surface area contributed by atoms with Crippen LogP contribution in [0.5, 0.6) is 17.2 Å². The third-order valence-electron chi connectivity index (χ3n) is 4.24. The molecule has 1 heterocycles. The van der Waals surface area contributed by atoms with Crippen LogP contribution in [0.1, 0.15) is 5.82 Å². The third kappa shape index (κ3) is 5.95. The van der Waals surface area contributed by atoms with Gasteiger partial charge in [0.05, 0.1) is 33.6 Å². The van der Waals surface area contributed by atoms with Crippen LogP contribution in [0.4, 0.5) is 11.4 Å². The summed E-state index contributed by atoms with van der Waals surface area (Å²) in [5, 5.41) is 14.6. The number of amides is 1. The van der Waals surface area contributed by atoms with E-state index >= 15 is 0 Å². The monoisotopic (exact) mass is 444 g/mol. The van der Waals surface area contributed by atoms with Crippen molar-refractivity contribution in [3.05, 3.63) is 48.3 Å². The minimum Gasteiger partial charge on any atom is -0.497 e. The lowest BCUT2D eigenvalue weighted by Crippen LogP contribution is -2.18. The van der Waals surface area contributed by atoms with Gasteiger partial charge in [-0.25, -0.2) is 4.68 Å². The Kier molecular flexibility index (Phi) is 7.44. The molecule has 10 nitrogen and oxygen atoms in total. The number of nitrogens with one attached hydrogen (secondary N) is 2. The van der Waals surface area contributed by atoms with E-state index < -0.39 is 0 Å². The average molecular weight is 445 g/mol. The number of aromatic nitrogens is 3. The molecule has 31 heavy (non-hydrogen) atoms. The lowest BCUT2D eigenvalue weighted by atomic mass is 10.2. The van der Waals surface area contributed by atoms with Crippen LogP contribution >= 0.6 is 11.8 Å². The topological polar surface area (TPSA) is 126 Å². The van der Waals surface area contributed by atoms with Crippen LogP contribution < -0.4 is 30.7 Å².